The highest BCUT2D eigenvalue weighted by atomic mass is 16.2. The lowest BCUT2D eigenvalue weighted by Gasteiger charge is -2.32. The summed E-state index contributed by atoms with van der Waals surface area (Å²) < 4.78 is 0. The van der Waals surface area contributed by atoms with Crippen LogP contribution in [0.25, 0.3) is 0 Å². The van der Waals surface area contributed by atoms with E-state index in [0.717, 1.165) is 18.8 Å². The number of likely N-dealkylation sites (N-methyl/N-ethyl adjacent to an activating group) is 3. The second-order valence-corrected chi connectivity index (χ2v) is 7.56. The predicted octanol–water partition coefficient (Wildman–Crippen LogP) is 4.46. The molecule has 0 radical (unpaired) electrons. The number of para-hydroxylation sites is 1. The van der Waals surface area contributed by atoms with Crippen LogP contribution in [0.2, 0.25) is 0 Å². The molecule has 1 aliphatic rings. The summed E-state index contributed by atoms with van der Waals surface area (Å²) in [7, 11) is 9.24. The van der Waals surface area contributed by atoms with Gasteiger partial charge in [-0.05, 0) is 33.3 Å². The van der Waals surface area contributed by atoms with Crippen LogP contribution in [0.1, 0.15) is 54.4 Å². The molecule has 0 aliphatic carbocycles. The SMILES string of the molecule is CC.CCC.CCC.CN(C)CC(=O)N(C)C.CN1CCN(c2ccccc2)C(=O)C1. The summed E-state index contributed by atoms with van der Waals surface area (Å²) in [5.74, 6) is 0.324. The van der Waals surface area contributed by atoms with Crippen molar-refractivity contribution in [1.82, 2.24) is 14.7 Å². The van der Waals surface area contributed by atoms with Crippen LogP contribution >= 0.6 is 0 Å². The van der Waals surface area contributed by atoms with Crippen LogP contribution in [0.3, 0.4) is 0 Å². The summed E-state index contributed by atoms with van der Waals surface area (Å²) >= 11 is 0. The molecule has 1 fully saturated rings. The van der Waals surface area contributed by atoms with Gasteiger partial charge >= 0.3 is 0 Å². The Balaban J connectivity index is -0.000000399. The Kier molecular flexibility index (Phi) is 24.7. The Bertz CT molecular complexity index is 532. The smallest absolute Gasteiger partial charge is 0.241 e. The summed E-state index contributed by atoms with van der Waals surface area (Å²) in [6, 6.07) is 9.83. The second kappa shape index (κ2) is 22.8. The summed E-state index contributed by atoms with van der Waals surface area (Å²) in [6.45, 7) is 15.3. The van der Waals surface area contributed by atoms with Crippen molar-refractivity contribution in [2.45, 2.75) is 54.4 Å². The van der Waals surface area contributed by atoms with Gasteiger partial charge in [0, 0.05) is 32.9 Å². The quantitative estimate of drug-likeness (QED) is 0.699. The molecule has 0 unspecified atom stereocenters. The van der Waals surface area contributed by atoms with Crippen LogP contribution in [0.15, 0.2) is 30.3 Å². The minimum absolute atomic E-state index is 0.139. The number of benzene rings is 1. The van der Waals surface area contributed by atoms with Crippen LogP contribution in [0.5, 0.6) is 0 Å². The van der Waals surface area contributed by atoms with Gasteiger partial charge in [0.1, 0.15) is 0 Å². The topological polar surface area (TPSA) is 47.1 Å². The van der Waals surface area contributed by atoms with E-state index in [0.29, 0.717) is 13.1 Å². The van der Waals surface area contributed by atoms with Crippen molar-refractivity contribution in [2.24, 2.45) is 0 Å². The van der Waals surface area contributed by atoms with Crippen LogP contribution in [0.4, 0.5) is 5.69 Å². The van der Waals surface area contributed by atoms with Gasteiger partial charge < -0.3 is 14.7 Å². The molecule has 0 aromatic heterocycles. The van der Waals surface area contributed by atoms with Gasteiger partial charge in [0.2, 0.25) is 11.8 Å². The number of carbonyl (C=O) groups is 2. The highest BCUT2D eigenvalue weighted by Crippen LogP contribution is 2.15. The first-order chi connectivity index (χ1) is 14.6. The highest BCUT2D eigenvalue weighted by Gasteiger charge is 2.22. The summed E-state index contributed by atoms with van der Waals surface area (Å²) in [5, 5.41) is 0. The number of piperazine rings is 1. The first kappa shape index (κ1) is 33.7. The standard InChI is InChI=1S/C11H14N2O.C6H14N2O.2C3H8.C2H6/c1-12-7-8-13(11(14)9-12)10-5-3-2-4-6-10;1-7(2)5-6(9)8(3)4;2*1-3-2;1-2/h2-6H,7-9H2,1H3;5H2,1-4H3;2*3H2,1-2H3;1-2H3. The number of amides is 2. The summed E-state index contributed by atoms with van der Waals surface area (Å²) in [5.41, 5.74) is 1.01. The van der Waals surface area contributed by atoms with Crippen molar-refractivity contribution in [3.63, 3.8) is 0 Å². The minimum Gasteiger partial charge on any atom is -0.348 e. The maximum absolute atomic E-state index is 11.7. The minimum atomic E-state index is 0.139. The molecule has 2 rings (SSSR count). The fourth-order valence-electron chi connectivity index (χ4n) is 2.08. The first-order valence-corrected chi connectivity index (χ1v) is 11.5. The van der Waals surface area contributed by atoms with E-state index >= 15 is 0 Å². The third-order valence-corrected chi connectivity index (χ3v) is 3.43. The number of anilines is 1. The molecule has 0 N–H and O–H groups in total. The van der Waals surface area contributed by atoms with Gasteiger partial charge in [-0.1, -0.05) is 72.6 Å². The molecule has 1 heterocycles. The number of carbonyl (C=O) groups excluding carboxylic acids is 2. The van der Waals surface area contributed by atoms with Crippen molar-refractivity contribution in [1.29, 1.82) is 0 Å². The molecule has 182 valence electrons. The Morgan fingerprint density at radius 3 is 1.68 bits per heavy atom. The Morgan fingerprint density at radius 1 is 0.903 bits per heavy atom. The molecule has 1 saturated heterocycles. The summed E-state index contributed by atoms with van der Waals surface area (Å²) in [4.78, 5) is 29.9. The molecule has 6 heteroatoms. The normalized spacial score (nSPS) is 12.6. The molecule has 1 aromatic rings. The first-order valence-electron chi connectivity index (χ1n) is 11.5. The molecule has 0 atom stereocenters. The lowest BCUT2D eigenvalue weighted by molar-refractivity contribution is -0.129. The van der Waals surface area contributed by atoms with Gasteiger partial charge in [-0.3, -0.25) is 14.5 Å². The molecular weight excluding hydrogens is 388 g/mol. The Labute approximate surface area is 193 Å². The van der Waals surface area contributed by atoms with Crippen molar-refractivity contribution in [3.05, 3.63) is 30.3 Å². The van der Waals surface area contributed by atoms with E-state index in [4.69, 9.17) is 0 Å². The molecule has 2 amide bonds. The monoisotopic (exact) mass is 438 g/mol. The molecule has 0 saturated carbocycles. The van der Waals surface area contributed by atoms with E-state index < -0.39 is 0 Å². The van der Waals surface area contributed by atoms with E-state index in [2.05, 4.69) is 27.7 Å². The van der Waals surface area contributed by atoms with Gasteiger partial charge in [-0.15, -0.1) is 0 Å². The lowest BCUT2D eigenvalue weighted by atomic mass is 10.2. The van der Waals surface area contributed by atoms with Gasteiger partial charge in [0.25, 0.3) is 0 Å². The zero-order valence-electron chi connectivity index (χ0n) is 22.2. The summed E-state index contributed by atoms with van der Waals surface area (Å²) in [6.07, 6.45) is 2.50. The molecule has 0 bridgehead atoms. The molecular formula is C25H50N4O2. The van der Waals surface area contributed by atoms with Crippen molar-refractivity contribution in [3.8, 4) is 0 Å². The van der Waals surface area contributed by atoms with E-state index in [1.165, 1.54) is 12.8 Å². The van der Waals surface area contributed by atoms with Crippen molar-refractivity contribution >= 4 is 17.5 Å². The van der Waals surface area contributed by atoms with Crippen molar-refractivity contribution in [2.75, 3.05) is 66.3 Å². The number of hydrogen-bond donors (Lipinski definition) is 0. The third kappa shape index (κ3) is 19.8. The average molecular weight is 439 g/mol. The number of hydrogen-bond acceptors (Lipinski definition) is 4. The highest BCUT2D eigenvalue weighted by molar-refractivity contribution is 5.95. The lowest BCUT2D eigenvalue weighted by Crippen LogP contribution is -2.48. The number of rotatable bonds is 3. The van der Waals surface area contributed by atoms with Crippen LogP contribution < -0.4 is 4.90 Å². The van der Waals surface area contributed by atoms with Crippen LogP contribution in [0, 0.1) is 0 Å². The third-order valence-electron chi connectivity index (χ3n) is 3.43. The Morgan fingerprint density at radius 2 is 1.35 bits per heavy atom. The van der Waals surface area contributed by atoms with E-state index in [-0.39, 0.29) is 11.8 Å². The van der Waals surface area contributed by atoms with E-state index in [9.17, 15) is 9.59 Å². The van der Waals surface area contributed by atoms with Gasteiger partial charge in [0.15, 0.2) is 0 Å². The van der Waals surface area contributed by atoms with Crippen LogP contribution in [-0.2, 0) is 9.59 Å². The average Bonchev–Trinajstić information content (AvgIpc) is 2.71. The van der Waals surface area contributed by atoms with E-state index in [1.54, 1.807) is 19.0 Å². The van der Waals surface area contributed by atoms with Crippen molar-refractivity contribution < 1.29 is 9.59 Å². The maximum atomic E-state index is 11.7. The van der Waals surface area contributed by atoms with Gasteiger partial charge in [0.05, 0.1) is 13.1 Å². The molecule has 1 aliphatic heterocycles. The molecule has 6 nitrogen and oxygen atoms in total. The fraction of sp³-hybridized carbons (Fsp3) is 0.680. The predicted molar refractivity (Wildman–Crippen MR) is 137 cm³/mol. The largest absolute Gasteiger partial charge is 0.348 e. The van der Waals surface area contributed by atoms with Crippen LogP contribution in [-0.4, -0.2) is 87.9 Å². The maximum Gasteiger partial charge on any atom is 0.241 e. The molecule has 0 spiro atoms. The van der Waals surface area contributed by atoms with Gasteiger partial charge in [-0.25, -0.2) is 0 Å². The number of nitrogens with zero attached hydrogens (tertiary/aromatic N) is 4. The van der Waals surface area contributed by atoms with Gasteiger partial charge in [-0.2, -0.15) is 0 Å². The fourth-order valence-corrected chi connectivity index (χ4v) is 2.08. The van der Waals surface area contributed by atoms with E-state index in [1.807, 2.05) is 80.0 Å². The molecule has 31 heavy (non-hydrogen) atoms. The molecule has 1 aromatic carbocycles. The zero-order valence-corrected chi connectivity index (χ0v) is 22.2. The second-order valence-electron chi connectivity index (χ2n) is 7.56. The zero-order chi connectivity index (χ0) is 24.8. The Hall–Kier alpha value is -1.92.